The highest BCUT2D eigenvalue weighted by Gasteiger charge is 2.25. The molecule has 0 aliphatic heterocycles. The van der Waals surface area contributed by atoms with Gasteiger partial charge in [-0.15, -0.1) is 11.3 Å². The highest BCUT2D eigenvalue weighted by molar-refractivity contribution is 7.14. The van der Waals surface area contributed by atoms with E-state index in [4.69, 9.17) is 11.6 Å². The fourth-order valence-electron chi connectivity index (χ4n) is 0.981. The van der Waals surface area contributed by atoms with E-state index in [2.05, 4.69) is 10.3 Å². The van der Waals surface area contributed by atoms with Crippen LogP contribution in [-0.2, 0) is 0 Å². The molecule has 1 aromatic heterocycles. The van der Waals surface area contributed by atoms with Crippen molar-refractivity contribution in [2.24, 2.45) is 0 Å². The first-order valence-electron chi connectivity index (χ1n) is 4.39. The van der Waals surface area contributed by atoms with Gasteiger partial charge in [-0.1, -0.05) is 11.6 Å². The minimum absolute atomic E-state index is 0.135. The molecule has 0 spiro atoms. The summed E-state index contributed by atoms with van der Waals surface area (Å²) in [6, 6.07) is 0. The van der Waals surface area contributed by atoms with Crippen molar-refractivity contribution in [2.45, 2.75) is 25.4 Å². The lowest BCUT2D eigenvalue weighted by atomic mass is 10.2. The van der Waals surface area contributed by atoms with Crippen LogP contribution in [0.1, 0.15) is 19.3 Å². The number of hydrogen-bond acceptors (Lipinski definition) is 3. The third kappa shape index (κ3) is 5.84. The minimum Gasteiger partial charge on any atom is -0.361 e. The summed E-state index contributed by atoms with van der Waals surface area (Å²) in [5.41, 5.74) is 0. The Morgan fingerprint density at radius 2 is 2.13 bits per heavy atom. The second-order valence-electron chi connectivity index (χ2n) is 2.97. The molecule has 2 nitrogen and oxygen atoms in total. The molecule has 15 heavy (non-hydrogen) atoms. The zero-order chi connectivity index (χ0) is 11.3. The van der Waals surface area contributed by atoms with E-state index >= 15 is 0 Å². The summed E-state index contributed by atoms with van der Waals surface area (Å²) >= 11 is 6.91. The lowest BCUT2D eigenvalue weighted by molar-refractivity contribution is -0.135. The summed E-state index contributed by atoms with van der Waals surface area (Å²) in [5, 5.41) is 5.62. The second-order valence-corrected chi connectivity index (χ2v) is 4.22. The number of nitrogens with one attached hydrogen (secondary N) is 1. The van der Waals surface area contributed by atoms with Gasteiger partial charge in [0.15, 0.2) is 5.13 Å². The van der Waals surface area contributed by atoms with Crippen molar-refractivity contribution in [3.63, 3.8) is 0 Å². The standard InChI is InChI=1S/C8H10ClF3N2S/c9-6-5-15-7(14-6)13-4-2-1-3-8(10,11)12/h5H,1-4H2,(H,13,14). The largest absolute Gasteiger partial charge is 0.389 e. The summed E-state index contributed by atoms with van der Waals surface area (Å²) in [6.07, 6.45) is -4.18. The number of halogens is 4. The van der Waals surface area contributed by atoms with Crippen LogP contribution in [0.25, 0.3) is 0 Å². The van der Waals surface area contributed by atoms with E-state index in [-0.39, 0.29) is 6.42 Å². The predicted octanol–water partition coefficient (Wildman–Crippen LogP) is 3.94. The Morgan fingerprint density at radius 3 is 2.67 bits per heavy atom. The summed E-state index contributed by atoms with van der Waals surface area (Å²) in [5.74, 6) is 0. The van der Waals surface area contributed by atoms with Crippen molar-refractivity contribution in [1.82, 2.24) is 4.98 Å². The van der Waals surface area contributed by atoms with Gasteiger partial charge in [-0.2, -0.15) is 13.2 Å². The van der Waals surface area contributed by atoms with Gasteiger partial charge in [-0.3, -0.25) is 0 Å². The van der Waals surface area contributed by atoms with Crippen LogP contribution in [0, 0.1) is 0 Å². The number of unbranched alkanes of at least 4 members (excludes halogenated alkanes) is 1. The van der Waals surface area contributed by atoms with E-state index in [0.717, 1.165) is 0 Å². The number of anilines is 1. The maximum absolute atomic E-state index is 11.8. The lowest BCUT2D eigenvalue weighted by Gasteiger charge is -2.05. The molecular formula is C8H10ClF3N2S. The Hall–Kier alpha value is -0.490. The Labute approximate surface area is 94.5 Å². The number of hydrogen-bond donors (Lipinski definition) is 1. The molecule has 0 saturated heterocycles. The average molecular weight is 259 g/mol. The van der Waals surface area contributed by atoms with Gasteiger partial charge >= 0.3 is 6.18 Å². The van der Waals surface area contributed by atoms with Gasteiger partial charge in [0.25, 0.3) is 0 Å². The molecule has 86 valence electrons. The molecule has 1 rings (SSSR count). The van der Waals surface area contributed by atoms with Gasteiger partial charge in [-0.25, -0.2) is 4.98 Å². The van der Waals surface area contributed by atoms with E-state index in [9.17, 15) is 13.2 Å². The maximum atomic E-state index is 11.8. The summed E-state index contributed by atoms with van der Waals surface area (Å²) in [4.78, 5) is 3.91. The summed E-state index contributed by atoms with van der Waals surface area (Å²) < 4.78 is 35.3. The second kappa shape index (κ2) is 5.55. The first-order valence-corrected chi connectivity index (χ1v) is 5.65. The van der Waals surface area contributed by atoms with Crippen molar-refractivity contribution in [3.8, 4) is 0 Å². The van der Waals surface area contributed by atoms with Crippen molar-refractivity contribution in [1.29, 1.82) is 0 Å². The van der Waals surface area contributed by atoms with Gasteiger partial charge < -0.3 is 5.32 Å². The van der Waals surface area contributed by atoms with E-state index in [1.54, 1.807) is 5.38 Å². The van der Waals surface area contributed by atoms with Crippen molar-refractivity contribution >= 4 is 28.1 Å². The molecule has 0 aliphatic carbocycles. The molecule has 0 bridgehead atoms. The number of rotatable bonds is 5. The van der Waals surface area contributed by atoms with Crippen LogP contribution in [0.15, 0.2) is 5.38 Å². The quantitative estimate of drug-likeness (QED) is 0.809. The van der Waals surface area contributed by atoms with Gasteiger partial charge in [0, 0.05) is 18.3 Å². The molecule has 0 aliphatic rings. The van der Waals surface area contributed by atoms with Crippen LogP contribution in [0.2, 0.25) is 5.15 Å². The SMILES string of the molecule is FC(F)(F)CCCCNc1nc(Cl)cs1. The monoisotopic (exact) mass is 258 g/mol. The Kier molecular flexibility index (Phi) is 4.66. The Balaban J connectivity index is 2.07. The molecule has 0 fully saturated rings. The Morgan fingerprint density at radius 1 is 1.40 bits per heavy atom. The molecule has 0 atom stereocenters. The zero-order valence-electron chi connectivity index (χ0n) is 7.77. The van der Waals surface area contributed by atoms with Crippen molar-refractivity contribution < 1.29 is 13.2 Å². The number of thiazole rings is 1. The minimum atomic E-state index is -4.05. The number of nitrogens with zero attached hydrogens (tertiary/aromatic N) is 1. The fraction of sp³-hybridized carbons (Fsp3) is 0.625. The topological polar surface area (TPSA) is 24.9 Å². The van der Waals surface area contributed by atoms with Gasteiger partial charge in [0.2, 0.25) is 0 Å². The van der Waals surface area contributed by atoms with Crippen LogP contribution < -0.4 is 5.32 Å². The first-order chi connectivity index (χ1) is 6.97. The molecule has 7 heteroatoms. The normalized spacial score (nSPS) is 11.7. The zero-order valence-corrected chi connectivity index (χ0v) is 9.35. The smallest absolute Gasteiger partial charge is 0.361 e. The number of alkyl halides is 3. The number of aromatic nitrogens is 1. The van der Waals surface area contributed by atoms with Crippen LogP contribution in [-0.4, -0.2) is 17.7 Å². The molecule has 1 aromatic rings. The van der Waals surface area contributed by atoms with E-state index in [1.165, 1.54) is 11.3 Å². The van der Waals surface area contributed by atoms with Crippen molar-refractivity contribution in [3.05, 3.63) is 10.5 Å². The fourth-order valence-corrected chi connectivity index (χ4v) is 1.85. The molecule has 1 N–H and O–H groups in total. The van der Waals surface area contributed by atoms with E-state index in [0.29, 0.717) is 23.3 Å². The molecule has 0 amide bonds. The van der Waals surface area contributed by atoms with Crippen LogP contribution in [0.4, 0.5) is 18.3 Å². The molecule has 0 radical (unpaired) electrons. The van der Waals surface area contributed by atoms with E-state index in [1.807, 2.05) is 0 Å². The van der Waals surface area contributed by atoms with Gasteiger partial charge in [-0.05, 0) is 12.8 Å². The highest BCUT2D eigenvalue weighted by Crippen LogP contribution is 2.22. The third-order valence-electron chi connectivity index (χ3n) is 1.64. The van der Waals surface area contributed by atoms with E-state index < -0.39 is 12.6 Å². The van der Waals surface area contributed by atoms with Crippen molar-refractivity contribution in [2.75, 3.05) is 11.9 Å². The van der Waals surface area contributed by atoms with Gasteiger partial charge in [0.1, 0.15) is 5.15 Å². The first kappa shape index (κ1) is 12.6. The maximum Gasteiger partial charge on any atom is 0.389 e. The lowest BCUT2D eigenvalue weighted by Crippen LogP contribution is -2.08. The molecule has 1 heterocycles. The Bertz CT molecular complexity index is 300. The molecule has 0 aromatic carbocycles. The van der Waals surface area contributed by atoms with Gasteiger partial charge in [0.05, 0.1) is 0 Å². The predicted molar refractivity (Wildman–Crippen MR) is 55.5 cm³/mol. The molecular weight excluding hydrogens is 249 g/mol. The third-order valence-corrected chi connectivity index (χ3v) is 2.76. The summed E-state index contributed by atoms with van der Waals surface area (Å²) in [7, 11) is 0. The molecule has 0 unspecified atom stereocenters. The highest BCUT2D eigenvalue weighted by atomic mass is 35.5. The summed E-state index contributed by atoms with van der Waals surface area (Å²) in [6.45, 7) is 0.486. The average Bonchev–Trinajstić information content (AvgIpc) is 2.49. The van der Waals surface area contributed by atoms with Crippen LogP contribution in [0.5, 0.6) is 0 Å². The molecule has 0 saturated carbocycles. The van der Waals surface area contributed by atoms with Crippen LogP contribution in [0.3, 0.4) is 0 Å². The van der Waals surface area contributed by atoms with Crippen LogP contribution >= 0.6 is 22.9 Å².